The van der Waals surface area contributed by atoms with Crippen LogP contribution in [0.2, 0.25) is 0 Å². The number of nitrogens with zero attached hydrogens (tertiary/aromatic N) is 2. The number of hydrogen-bond acceptors (Lipinski definition) is 3. The van der Waals surface area contributed by atoms with E-state index in [-0.39, 0.29) is 12.3 Å². The Kier molecular flexibility index (Phi) is 1.96. The van der Waals surface area contributed by atoms with Crippen molar-refractivity contribution >= 4 is 22.8 Å². The van der Waals surface area contributed by atoms with Crippen LogP contribution in [0, 0.1) is 0 Å². The number of rotatable bonds is 2. The normalized spacial score (nSPS) is 10.6. The van der Waals surface area contributed by atoms with E-state index in [0.29, 0.717) is 5.95 Å². The number of anilines is 1. The highest BCUT2D eigenvalue weighted by atomic mass is 16.1. The van der Waals surface area contributed by atoms with Crippen molar-refractivity contribution in [2.24, 2.45) is 0 Å². The lowest BCUT2D eigenvalue weighted by atomic mass is 10.3. The molecule has 2 rings (SSSR count). The molecule has 1 heterocycles. The molecule has 0 aliphatic carbocycles. The third-order valence-electron chi connectivity index (χ3n) is 2.06. The average molecular weight is 189 g/mol. The van der Waals surface area contributed by atoms with Crippen LogP contribution in [-0.4, -0.2) is 15.3 Å². The Morgan fingerprint density at radius 1 is 1.50 bits per heavy atom. The maximum absolute atomic E-state index is 11.0. The molecular formula is C10H11N3O. The van der Waals surface area contributed by atoms with E-state index in [1.807, 2.05) is 24.3 Å². The monoisotopic (exact) mass is 189 g/mol. The second-order valence-electron chi connectivity index (χ2n) is 3.25. The standard InChI is InChI=1S/C10H11N3O/c1-7(14)6-13-9-5-3-2-4-8(9)12-10(13)11/h2-5H,6H2,1H3,(H2,11,12). The number of carbonyl (C=O) groups is 1. The minimum Gasteiger partial charge on any atom is -0.369 e. The van der Waals surface area contributed by atoms with Gasteiger partial charge >= 0.3 is 0 Å². The van der Waals surface area contributed by atoms with Gasteiger partial charge in [0.2, 0.25) is 5.95 Å². The van der Waals surface area contributed by atoms with Crippen molar-refractivity contribution < 1.29 is 4.79 Å². The number of aromatic nitrogens is 2. The summed E-state index contributed by atoms with van der Waals surface area (Å²) in [6.07, 6.45) is 0. The number of fused-ring (bicyclic) bond motifs is 1. The van der Waals surface area contributed by atoms with Crippen molar-refractivity contribution in [1.82, 2.24) is 9.55 Å². The third-order valence-corrected chi connectivity index (χ3v) is 2.06. The molecule has 0 saturated heterocycles. The number of Topliss-reactive ketones (excluding diaryl/α,β-unsaturated/α-hetero) is 1. The third kappa shape index (κ3) is 1.35. The Bertz CT molecular complexity index is 487. The van der Waals surface area contributed by atoms with Crippen molar-refractivity contribution in [2.45, 2.75) is 13.5 Å². The number of benzene rings is 1. The summed E-state index contributed by atoms with van der Waals surface area (Å²) in [6, 6.07) is 7.58. The quantitative estimate of drug-likeness (QED) is 0.772. The fourth-order valence-corrected chi connectivity index (χ4v) is 1.48. The summed E-state index contributed by atoms with van der Waals surface area (Å²) in [5, 5.41) is 0. The molecule has 4 nitrogen and oxygen atoms in total. The second-order valence-corrected chi connectivity index (χ2v) is 3.25. The predicted molar refractivity (Wildman–Crippen MR) is 54.8 cm³/mol. The van der Waals surface area contributed by atoms with Crippen LogP contribution in [0.3, 0.4) is 0 Å². The van der Waals surface area contributed by atoms with Crippen LogP contribution in [-0.2, 0) is 11.3 Å². The molecule has 1 aromatic heterocycles. The zero-order valence-corrected chi connectivity index (χ0v) is 7.90. The average Bonchev–Trinajstić information content (AvgIpc) is 2.43. The summed E-state index contributed by atoms with van der Waals surface area (Å²) in [6.45, 7) is 1.82. The Labute approximate surface area is 81.3 Å². The minimum atomic E-state index is 0.0693. The molecule has 0 amide bonds. The van der Waals surface area contributed by atoms with Crippen molar-refractivity contribution in [3.05, 3.63) is 24.3 Å². The zero-order valence-electron chi connectivity index (χ0n) is 7.90. The number of hydrogen-bond donors (Lipinski definition) is 1. The molecule has 2 aromatic rings. The van der Waals surface area contributed by atoms with E-state index in [4.69, 9.17) is 5.73 Å². The van der Waals surface area contributed by atoms with E-state index in [9.17, 15) is 4.79 Å². The first kappa shape index (κ1) is 8.74. The number of nitrogen functional groups attached to an aromatic ring is 1. The van der Waals surface area contributed by atoms with E-state index in [1.165, 1.54) is 6.92 Å². The highest BCUT2D eigenvalue weighted by Crippen LogP contribution is 2.16. The maximum Gasteiger partial charge on any atom is 0.201 e. The minimum absolute atomic E-state index is 0.0693. The van der Waals surface area contributed by atoms with Crippen LogP contribution in [0.5, 0.6) is 0 Å². The SMILES string of the molecule is CC(=O)Cn1c(N)nc2ccccc21. The predicted octanol–water partition coefficient (Wildman–Crippen LogP) is 1.21. The molecule has 2 N–H and O–H groups in total. The summed E-state index contributed by atoms with van der Waals surface area (Å²) < 4.78 is 1.72. The fraction of sp³-hybridized carbons (Fsp3) is 0.200. The molecule has 0 fully saturated rings. The number of carbonyl (C=O) groups excluding carboxylic acids is 1. The molecule has 0 radical (unpaired) electrons. The van der Waals surface area contributed by atoms with Crippen LogP contribution < -0.4 is 5.73 Å². The largest absolute Gasteiger partial charge is 0.369 e. The molecule has 1 aromatic carbocycles. The van der Waals surface area contributed by atoms with E-state index < -0.39 is 0 Å². The van der Waals surface area contributed by atoms with Crippen LogP contribution >= 0.6 is 0 Å². The maximum atomic E-state index is 11.0. The van der Waals surface area contributed by atoms with Gasteiger partial charge < -0.3 is 10.3 Å². The van der Waals surface area contributed by atoms with Crippen molar-refractivity contribution in [1.29, 1.82) is 0 Å². The van der Waals surface area contributed by atoms with Gasteiger partial charge in [0, 0.05) is 0 Å². The summed E-state index contributed by atoms with van der Waals surface area (Å²) in [5.74, 6) is 0.459. The molecule has 4 heteroatoms. The molecule has 0 atom stereocenters. The molecule has 14 heavy (non-hydrogen) atoms. The van der Waals surface area contributed by atoms with Gasteiger partial charge in [-0.1, -0.05) is 12.1 Å². The number of ketones is 1. The van der Waals surface area contributed by atoms with Gasteiger partial charge in [-0.05, 0) is 19.1 Å². The van der Waals surface area contributed by atoms with Gasteiger partial charge in [-0.2, -0.15) is 0 Å². The number of nitrogens with two attached hydrogens (primary N) is 1. The van der Waals surface area contributed by atoms with Crippen molar-refractivity contribution in [2.75, 3.05) is 5.73 Å². The van der Waals surface area contributed by atoms with Gasteiger partial charge in [0.05, 0.1) is 17.6 Å². The lowest BCUT2D eigenvalue weighted by Gasteiger charge is -2.01. The molecule has 72 valence electrons. The molecule has 0 unspecified atom stereocenters. The number of imidazole rings is 1. The van der Waals surface area contributed by atoms with Crippen molar-refractivity contribution in [3.63, 3.8) is 0 Å². The first-order valence-electron chi connectivity index (χ1n) is 4.38. The van der Waals surface area contributed by atoms with E-state index in [1.54, 1.807) is 4.57 Å². The van der Waals surface area contributed by atoms with Gasteiger partial charge in [-0.15, -0.1) is 0 Å². The molecule has 0 aliphatic heterocycles. The van der Waals surface area contributed by atoms with Gasteiger partial charge in [-0.3, -0.25) is 4.79 Å². The Balaban J connectivity index is 2.62. The van der Waals surface area contributed by atoms with Gasteiger partial charge in [0.25, 0.3) is 0 Å². The molecular weight excluding hydrogens is 178 g/mol. The van der Waals surface area contributed by atoms with Crippen LogP contribution in [0.1, 0.15) is 6.92 Å². The highest BCUT2D eigenvalue weighted by molar-refractivity contribution is 5.82. The first-order valence-corrected chi connectivity index (χ1v) is 4.38. The van der Waals surface area contributed by atoms with Gasteiger partial charge in [0.15, 0.2) is 0 Å². The fourth-order valence-electron chi connectivity index (χ4n) is 1.48. The topological polar surface area (TPSA) is 60.9 Å². The summed E-state index contributed by atoms with van der Waals surface area (Å²) in [4.78, 5) is 15.2. The van der Waals surface area contributed by atoms with E-state index >= 15 is 0 Å². The Hall–Kier alpha value is -1.84. The molecule has 0 aliphatic rings. The Morgan fingerprint density at radius 3 is 2.93 bits per heavy atom. The van der Waals surface area contributed by atoms with Crippen LogP contribution in [0.4, 0.5) is 5.95 Å². The van der Waals surface area contributed by atoms with E-state index in [0.717, 1.165) is 11.0 Å². The van der Waals surface area contributed by atoms with Crippen molar-refractivity contribution in [3.8, 4) is 0 Å². The lowest BCUT2D eigenvalue weighted by Crippen LogP contribution is -2.09. The number of para-hydroxylation sites is 2. The summed E-state index contributed by atoms with van der Waals surface area (Å²) in [7, 11) is 0. The molecule has 0 bridgehead atoms. The van der Waals surface area contributed by atoms with Gasteiger partial charge in [-0.25, -0.2) is 4.98 Å². The summed E-state index contributed by atoms with van der Waals surface area (Å²) in [5.41, 5.74) is 7.43. The smallest absolute Gasteiger partial charge is 0.201 e. The van der Waals surface area contributed by atoms with E-state index in [2.05, 4.69) is 4.98 Å². The highest BCUT2D eigenvalue weighted by Gasteiger charge is 2.07. The first-order chi connectivity index (χ1) is 6.68. The molecule has 0 saturated carbocycles. The zero-order chi connectivity index (χ0) is 10.1. The lowest BCUT2D eigenvalue weighted by molar-refractivity contribution is -0.117. The van der Waals surface area contributed by atoms with Crippen LogP contribution in [0.15, 0.2) is 24.3 Å². The Morgan fingerprint density at radius 2 is 2.21 bits per heavy atom. The second kappa shape index (κ2) is 3.14. The van der Waals surface area contributed by atoms with Crippen LogP contribution in [0.25, 0.3) is 11.0 Å². The summed E-state index contributed by atoms with van der Waals surface area (Å²) >= 11 is 0. The van der Waals surface area contributed by atoms with Gasteiger partial charge in [0.1, 0.15) is 5.78 Å². The molecule has 0 spiro atoms.